The van der Waals surface area contributed by atoms with Crippen molar-refractivity contribution in [2.45, 2.75) is 18.4 Å². The third-order valence-corrected chi connectivity index (χ3v) is 6.11. The molecule has 1 aliphatic heterocycles. The molecule has 3 aromatic rings. The standard InChI is InChI=1S/C24H18Cl2F3N3O3/c25-16-11-10-14(12-17(16)26)21(33)30-20-22(34)31(13-24(27,28)29)18-8-4-5-9-19(18)32(23(20)35)15-6-2-1-3-7-15/h1-12,20,22,34H,13H2,(H,30,33). The molecule has 2 atom stereocenters. The normalized spacial score (nSPS) is 18.2. The minimum absolute atomic E-state index is 0.00907. The van der Waals surface area contributed by atoms with E-state index in [0.29, 0.717) is 10.6 Å². The van der Waals surface area contributed by atoms with Gasteiger partial charge in [0, 0.05) is 11.3 Å². The fraction of sp³-hybridized carbons (Fsp3) is 0.167. The molecule has 0 spiro atoms. The molecule has 6 nitrogen and oxygen atoms in total. The van der Waals surface area contributed by atoms with Gasteiger partial charge in [0.2, 0.25) is 0 Å². The summed E-state index contributed by atoms with van der Waals surface area (Å²) in [6.07, 6.45) is -6.75. The molecule has 2 amide bonds. The maximum Gasteiger partial charge on any atom is 0.406 e. The molecule has 0 aliphatic carbocycles. The summed E-state index contributed by atoms with van der Waals surface area (Å²) in [5, 5.41) is 13.7. The summed E-state index contributed by atoms with van der Waals surface area (Å²) in [4.78, 5) is 28.5. The molecule has 2 N–H and O–H groups in total. The van der Waals surface area contributed by atoms with Gasteiger partial charge in [-0.3, -0.25) is 14.5 Å². The van der Waals surface area contributed by atoms with E-state index < -0.39 is 36.8 Å². The highest BCUT2D eigenvalue weighted by molar-refractivity contribution is 6.42. The van der Waals surface area contributed by atoms with E-state index in [4.69, 9.17) is 23.2 Å². The van der Waals surface area contributed by atoms with Crippen molar-refractivity contribution in [3.05, 3.63) is 88.4 Å². The summed E-state index contributed by atoms with van der Waals surface area (Å²) < 4.78 is 40.6. The van der Waals surface area contributed by atoms with Gasteiger partial charge in [-0.2, -0.15) is 13.2 Å². The van der Waals surface area contributed by atoms with Gasteiger partial charge in [-0.15, -0.1) is 0 Å². The molecule has 2 unspecified atom stereocenters. The van der Waals surface area contributed by atoms with Crippen molar-refractivity contribution in [2.75, 3.05) is 16.3 Å². The van der Waals surface area contributed by atoms with Crippen molar-refractivity contribution in [3.63, 3.8) is 0 Å². The van der Waals surface area contributed by atoms with Gasteiger partial charge in [-0.05, 0) is 42.5 Å². The van der Waals surface area contributed by atoms with E-state index >= 15 is 0 Å². The summed E-state index contributed by atoms with van der Waals surface area (Å²) in [7, 11) is 0. The number of aliphatic hydroxyl groups is 1. The third kappa shape index (κ3) is 5.22. The van der Waals surface area contributed by atoms with Gasteiger partial charge in [0.25, 0.3) is 11.8 Å². The van der Waals surface area contributed by atoms with Crippen LogP contribution in [0.15, 0.2) is 72.8 Å². The monoisotopic (exact) mass is 523 g/mol. The van der Waals surface area contributed by atoms with Gasteiger partial charge in [-0.25, -0.2) is 0 Å². The number of rotatable bonds is 4. The number of hydrogen-bond acceptors (Lipinski definition) is 4. The highest BCUT2D eigenvalue weighted by Crippen LogP contribution is 2.40. The Labute approximate surface area is 208 Å². The second-order valence-corrected chi connectivity index (χ2v) is 8.55. The Morgan fingerprint density at radius 2 is 1.57 bits per heavy atom. The van der Waals surface area contributed by atoms with Crippen molar-refractivity contribution in [3.8, 4) is 0 Å². The van der Waals surface area contributed by atoms with Gasteiger partial charge in [-0.1, -0.05) is 53.5 Å². The fourth-order valence-electron chi connectivity index (χ4n) is 3.82. The lowest BCUT2D eigenvalue weighted by molar-refractivity contribution is -0.129. The van der Waals surface area contributed by atoms with Gasteiger partial charge >= 0.3 is 6.18 Å². The second-order valence-electron chi connectivity index (χ2n) is 7.73. The van der Waals surface area contributed by atoms with Crippen LogP contribution in [0.3, 0.4) is 0 Å². The lowest BCUT2D eigenvalue weighted by atomic mass is 10.1. The molecular weight excluding hydrogens is 506 g/mol. The zero-order chi connectivity index (χ0) is 25.3. The Bertz CT molecular complexity index is 1260. The lowest BCUT2D eigenvalue weighted by Crippen LogP contribution is -2.58. The van der Waals surface area contributed by atoms with Crippen molar-refractivity contribution < 1.29 is 27.9 Å². The van der Waals surface area contributed by atoms with Crippen molar-refractivity contribution in [2.24, 2.45) is 0 Å². The number of nitrogens with zero attached hydrogens (tertiary/aromatic N) is 2. The van der Waals surface area contributed by atoms with Crippen LogP contribution >= 0.6 is 23.2 Å². The number of alkyl halides is 3. The number of nitrogens with one attached hydrogen (secondary N) is 1. The van der Waals surface area contributed by atoms with Crippen molar-refractivity contribution >= 4 is 52.1 Å². The van der Waals surface area contributed by atoms with E-state index in [9.17, 15) is 27.9 Å². The van der Waals surface area contributed by atoms with E-state index in [1.165, 1.54) is 41.3 Å². The van der Waals surface area contributed by atoms with Gasteiger partial charge < -0.3 is 15.3 Å². The highest BCUT2D eigenvalue weighted by atomic mass is 35.5. The molecule has 182 valence electrons. The molecule has 0 aromatic heterocycles. The maximum absolute atomic E-state index is 13.7. The Morgan fingerprint density at radius 3 is 2.20 bits per heavy atom. The summed E-state index contributed by atoms with van der Waals surface area (Å²) >= 11 is 11.9. The molecule has 0 fully saturated rings. The zero-order valence-electron chi connectivity index (χ0n) is 17.8. The topological polar surface area (TPSA) is 72.9 Å². The molecule has 11 heteroatoms. The minimum atomic E-state index is -4.71. The summed E-state index contributed by atoms with van der Waals surface area (Å²) in [6, 6.07) is 16.3. The molecule has 0 radical (unpaired) electrons. The number of amides is 2. The number of benzene rings is 3. The number of para-hydroxylation sites is 3. The molecule has 0 bridgehead atoms. The molecule has 3 aromatic carbocycles. The predicted octanol–water partition coefficient (Wildman–Crippen LogP) is 5.16. The minimum Gasteiger partial charge on any atom is -0.371 e. The van der Waals surface area contributed by atoms with Crippen LogP contribution in [0.4, 0.5) is 30.2 Å². The SMILES string of the molecule is O=C(NC1C(=O)N(c2ccccc2)c2ccccc2N(CC(F)(F)F)C1O)c1ccc(Cl)c(Cl)c1. The van der Waals surface area contributed by atoms with Crippen molar-refractivity contribution in [1.29, 1.82) is 0 Å². The van der Waals surface area contributed by atoms with E-state index in [1.807, 2.05) is 0 Å². The number of halogens is 5. The van der Waals surface area contributed by atoms with Crippen LogP contribution in [0.5, 0.6) is 0 Å². The summed E-state index contributed by atoms with van der Waals surface area (Å²) in [5.41, 5.74) is 0.452. The van der Waals surface area contributed by atoms with E-state index in [0.717, 1.165) is 0 Å². The predicted molar refractivity (Wildman–Crippen MR) is 127 cm³/mol. The average Bonchev–Trinajstić information content (AvgIpc) is 2.90. The Hall–Kier alpha value is -3.27. The molecule has 0 saturated heterocycles. The quantitative estimate of drug-likeness (QED) is 0.495. The second kappa shape index (κ2) is 9.77. The molecule has 1 aliphatic rings. The van der Waals surface area contributed by atoms with E-state index in [-0.39, 0.29) is 27.0 Å². The van der Waals surface area contributed by atoms with Crippen LogP contribution in [0.2, 0.25) is 10.0 Å². The number of hydrogen-bond donors (Lipinski definition) is 2. The van der Waals surface area contributed by atoms with Crippen LogP contribution in [0, 0.1) is 0 Å². The highest BCUT2D eigenvalue weighted by Gasteiger charge is 2.45. The zero-order valence-corrected chi connectivity index (χ0v) is 19.3. The third-order valence-electron chi connectivity index (χ3n) is 5.37. The van der Waals surface area contributed by atoms with E-state index in [1.54, 1.807) is 36.4 Å². The number of carbonyl (C=O) groups is 2. The maximum atomic E-state index is 13.7. The van der Waals surface area contributed by atoms with Crippen LogP contribution in [-0.2, 0) is 4.79 Å². The number of fused-ring (bicyclic) bond motifs is 1. The fourth-order valence-corrected chi connectivity index (χ4v) is 4.12. The van der Waals surface area contributed by atoms with Gasteiger partial charge in [0.15, 0.2) is 12.3 Å². The lowest BCUT2D eigenvalue weighted by Gasteiger charge is -2.32. The Morgan fingerprint density at radius 1 is 0.943 bits per heavy atom. The molecule has 35 heavy (non-hydrogen) atoms. The smallest absolute Gasteiger partial charge is 0.371 e. The van der Waals surface area contributed by atoms with E-state index in [2.05, 4.69) is 5.32 Å². The first-order chi connectivity index (χ1) is 16.6. The van der Waals surface area contributed by atoms with Crippen LogP contribution in [-0.4, -0.2) is 41.9 Å². The van der Waals surface area contributed by atoms with Crippen LogP contribution in [0.25, 0.3) is 0 Å². The van der Waals surface area contributed by atoms with Crippen LogP contribution < -0.4 is 15.1 Å². The molecule has 1 heterocycles. The Kier molecular flexibility index (Phi) is 6.93. The summed E-state index contributed by atoms with van der Waals surface area (Å²) in [5.74, 6) is -1.65. The average molecular weight is 524 g/mol. The first kappa shape index (κ1) is 24.8. The van der Waals surface area contributed by atoms with Gasteiger partial charge in [0.1, 0.15) is 6.54 Å². The molecule has 4 rings (SSSR count). The molecular formula is C24H18Cl2F3N3O3. The Balaban J connectivity index is 1.82. The van der Waals surface area contributed by atoms with Gasteiger partial charge in [0.05, 0.1) is 21.4 Å². The number of carbonyl (C=O) groups excluding carboxylic acids is 2. The number of anilines is 3. The van der Waals surface area contributed by atoms with Crippen LogP contribution in [0.1, 0.15) is 10.4 Å². The molecule has 0 saturated carbocycles. The first-order valence-corrected chi connectivity index (χ1v) is 11.1. The number of aliphatic hydroxyl groups excluding tert-OH is 1. The van der Waals surface area contributed by atoms with Crippen molar-refractivity contribution in [1.82, 2.24) is 5.32 Å². The first-order valence-electron chi connectivity index (χ1n) is 10.3. The largest absolute Gasteiger partial charge is 0.406 e. The summed E-state index contributed by atoms with van der Waals surface area (Å²) in [6.45, 7) is -1.56.